The third-order valence-corrected chi connectivity index (χ3v) is 2.77. The Morgan fingerprint density at radius 1 is 1.47 bits per heavy atom. The molecule has 0 N–H and O–H groups in total. The van der Waals surface area contributed by atoms with Crippen LogP contribution in [0.25, 0.3) is 0 Å². The average Bonchev–Trinajstić information content (AvgIpc) is 2.77. The molecule has 1 heterocycles. The lowest BCUT2D eigenvalue weighted by Gasteiger charge is -2.14. The molecule has 1 saturated heterocycles. The number of ether oxygens (including phenoxy) is 3. The predicted molar refractivity (Wildman–Crippen MR) is 66.5 cm³/mol. The zero-order valence-electron chi connectivity index (χ0n) is 10.1. The molecular weight excluding hydrogens is 240 g/mol. The Kier molecular flexibility index (Phi) is 4.26. The maximum Gasteiger partial charge on any atom is 0.184 e. The van der Waals surface area contributed by atoms with Gasteiger partial charge in [0.25, 0.3) is 0 Å². The highest BCUT2D eigenvalue weighted by Crippen LogP contribution is 2.29. The minimum atomic E-state index is -0.325. The van der Waals surface area contributed by atoms with Crippen LogP contribution in [0.15, 0.2) is 24.3 Å². The van der Waals surface area contributed by atoms with E-state index in [1.807, 2.05) is 38.1 Å². The summed E-state index contributed by atoms with van der Waals surface area (Å²) in [5.74, 6) is 1.29. The Balaban J connectivity index is 2.06. The Labute approximate surface area is 107 Å². The van der Waals surface area contributed by atoms with Gasteiger partial charge in [0, 0.05) is 5.56 Å². The van der Waals surface area contributed by atoms with Gasteiger partial charge in [-0.1, -0.05) is 12.1 Å². The largest absolute Gasteiger partial charge is 0.491 e. The number of benzene rings is 1. The van der Waals surface area contributed by atoms with Crippen molar-refractivity contribution in [2.24, 2.45) is 0 Å². The molecule has 0 aromatic heterocycles. The maximum absolute atomic E-state index is 5.73. The second-order valence-corrected chi connectivity index (χ2v) is 4.63. The molecule has 0 saturated carbocycles. The molecule has 2 atom stereocenters. The summed E-state index contributed by atoms with van der Waals surface area (Å²) in [5.41, 5.74) is 0.968. The molecule has 1 aromatic rings. The summed E-state index contributed by atoms with van der Waals surface area (Å²) < 4.78 is 16.8. The van der Waals surface area contributed by atoms with Gasteiger partial charge >= 0.3 is 0 Å². The molecule has 94 valence electrons. The SMILES string of the molecule is CC(C)Oc1cccc(C2OCC(CCl)O2)c1. The van der Waals surface area contributed by atoms with Crippen molar-refractivity contribution >= 4 is 11.6 Å². The van der Waals surface area contributed by atoms with Crippen LogP contribution in [0.1, 0.15) is 25.7 Å². The summed E-state index contributed by atoms with van der Waals surface area (Å²) in [4.78, 5) is 0. The smallest absolute Gasteiger partial charge is 0.184 e. The van der Waals surface area contributed by atoms with Gasteiger partial charge in [0.1, 0.15) is 5.75 Å². The van der Waals surface area contributed by atoms with Gasteiger partial charge in [0.2, 0.25) is 0 Å². The van der Waals surface area contributed by atoms with Crippen molar-refractivity contribution in [1.82, 2.24) is 0 Å². The van der Waals surface area contributed by atoms with Gasteiger partial charge in [-0.15, -0.1) is 11.6 Å². The van der Waals surface area contributed by atoms with Crippen LogP contribution in [0.5, 0.6) is 5.75 Å². The lowest BCUT2D eigenvalue weighted by atomic mass is 10.2. The van der Waals surface area contributed by atoms with Crippen molar-refractivity contribution < 1.29 is 14.2 Å². The minimum Gasteiger partial charge on any atom is -0.491 e. The lowest BCUT2D eigenvalue weighted by molar-refractivity contribution is -0.0568. The zero-order valence-corrected chi connectivity index (χ0v) is 10.8. The lowest BCUT2D eigenvalue weighted by Crippen LogP contribution is -2.11. The Morgan fingerprint density at radius 2 is 2.29 bits per heavy atom. The Morgan fingerprint density at radius 3 is 2.94 bits per heavy atom. The Hall–Kier alpha value is -0.770. The van der Waals surface area contributed by atoms with E-state index in [1.165, 1.54) is 0 Å². The second kappa shape index (κ2) is 5.71. The van der Waals surface area contributed by atoms with E-state index < -0.39 is 0 Å². The van der Waals surface area contributed by atoms with Gasteiger partial charge in [0.15, 0.2) is 6.29 Å². The summed E-state index contributed by atoms with van der Waals surface area (Å²) in [7, 11) is 0. The standard InChI is InChI=1S/C13H17ClO3/c1-9(2)16-11-5-3-4-10(6-11)13-15-8-12(7-14)17-13/h3-6,9,12-13H,7-8H2,1-2H3. The fourth-order valence-electron chi connectivity index (χ4n) is 1.71. The molecule has 0 bridgehead atoms. The molecule has 1 aromatic carbocycles. The van der Waals surface area contributed by atoms with Crippen LogP contribution in [0.4, 0.5) is 0 Å². The average molecular weight is 257 g/mol. The van der Waals surface area contributed by atoms with Gasteiger partial charge in [-0.3, -0.25) is 0 Å². The first-order chi connectivity index (χ1) is 8.19. The molecule has 2 unspecified atom stereocenters. The quantitative estimate of drug-likeness (QED) is 0.775. The van der Waals surface area contributed by atoms with E-state index in [2.05, 4.69) is 0 Å². The first kappa shape index (κ1) is 12.7. The van der Waals surface area contributed by atoms with E-state index in [4.69, 9.17) is 25.8 Å². The van der Waals surface area contributed by atoms with Gasteiger partial charge in [-0.2, -0.15) is 0 Å². The van der Waals surface area contributed by atoms with E-state index in [0.717, 1.165) is 11.3 Å². The minimum absolute atomic E-state index is 0.0173. The highest BCUT2D eigenvalue weighted by Gasteiger charge is 2.26. The molecular formula is C13H17ClO3. The fourth-order valence-corrected chi connectivity index (χ4v) is 1.87. The van der Waals surface area contributed by atoms with Crippen molar-refractivity contribution in [3.8, 4) is 5.75 Å². The first-order valence-corrected chi connectivity index (χ1v) is 6.32. The summed E-state index contributed by atoms with van der Waals surface area (Å²) >= 11 is 5.73. The highest BCUT2D eigenvalue weighted by molar-refractivity contribution is 6.18. The summed E-state index contributed by atoms with van der Waals surface area (Å²) in [6.45, 7) is 4.54. The molecule has 1 fully saturated rings. The third kappa shape index (κ3) is 3.35. The van der Waals surface area contributed by atoms with Crippen LogP contribution in [-0.4, -0.2) is 24.7 Å². The molecule has 17 heavy (non-hydrogen) atoms. The monoisotopic (exact) mass is 256 g/mol. The first-order valence-electron chi connectivity index (χ1n) is 5.78. The molecule has 0 amide bonds. The fraction of sp³-hybridized carbons (Fsp3) is 0.538. The van der Waals surface area contributed by atoms with E-state index in [9.17, 15) is 0 Å². The van der Waals surface area contributed by atoms with Crippen LogP contribution in [-0.2, 0) is 9.47 Å². The molecule has 0 radical (unpaired) electrons. The number of halogens is 1. The van der Waals surface area contributed by atoms with Crippen LogP contribution in [0.3, 0.4) is 0 Å². The van der Waals surface area contributed by atoms with Crippen LogP contribution >= 0.6 is 11.6 Å². The second-order valence-electron chi connectivity index (χ2n) is 4.32. The summed E-state index contributed by atoms with van der Waals surface area (Å²) in [5, 5.41) is 0. The predicted octanol–water partition coefficient (Wildman–Crippen LogP) is 3.13. The van der Waals surface area contributed by atoms with Gasteiger partial charge < -0.3 is 14.2 Å². The summed E-state index contributed by atoms with van der Waals surface area (Å²) in [6.07, 6.45) is -0.183. The molecule has 3 nitrogen and oxygen atoms in total. The zero-order chi connectivity index (χ0) is 12.3. The van der Waals surface area contributed by atoms with Crippen molar-refractivity contribution in [2.75, 3.05) is 12.5 Å². The maximum atomic E-state index is 5.73. The van der Waals surface area contributed by atoms with E-state index in [1.54, 1.807) is 0 Å². The molecule has 1 aliphatic heterocycles. The molecule has 4 heteroatoms. The van der Waals surface area contributed by atoms with Crippen molar-refractivity contribution in [3.05, 3.63) is 29.8 Å². The van der Waals surface area contributed by atoms with Crippen molar-refractivity contribution in [3.63, 3.8) is 0 Å². The topological polar surface area (TPSA) is 27.7 Å². The van der Waals surface area contributed by atoms with Crippen LogP contribution < -0.4 is 4.74 Å². The number of hydrogen-bond acceptors (Lipinski definition) is 3. The van der Waals surface area contributed by atoms with Gasteiger partial charge in [-0.25, -0.2) is 0 Å². The van der Waals surface area contributed by atoms with E-state index in [0.29, 0.717) is 12.5 Å². The normalized spacial score (nSPS) is 24.2. The number of rotatable bonds is 4. The number of alkyl halides is 1. The number of hydrogen-bond donors (Lipinski definition) is 0. The van der Waals surface area contributed by atoms with Crippen molar-refractivity contribution in [2.45, 2.75) is 32.3 Å². The molecule has 0 aliphatic carbocycles. The Bertz CT molecular complexity index is 367. The van der Waals surface area contributed by atoms with Crippen LogP contribution in [0, 0.1) is 0 Å². The van der Waals surface area contributed by atoms with Crippen molar-refractivity contribution in [1.29, 1.82) is 0 Å². The molecule has 2 rings (SSSR count). The van der Waals surface area contributed by atoms with Gasteiger partial charge in [0.05, 0.1) is 24.7 Å². The third-order valence-electron chi connectivity index (χ3n) is 2.42. The molecule has 1 aliphatic rings. The van der Waals surface area contributed by atoms with Gasteiger partial charge in [-0.05, 0) is 26.0 Å². The van der Waals surface area contributed by atoms with Crippen LogP contribution in [0.2, 0.25) is 0 Å². The molecule has 0 spiro atoms. The van der Waals surface area contributed by atoms with E-state index in [-0.39, 0.29) is 18.5 Å². The van der Waals surface area contributed by atoms with E-state index >= 15 is 0 Å². The highest BCUT2D eigenvalue weighted by atomic mass is 35.5. The summed E-state index contributed by atoms with van der Waals surface area (Å²) in [6, 6.07) is 7.78.